The fraction of sp³-hybridized carbons (Fsp3) is 0.316. The zero-order valence-corrected chi connectivity index (χ0v) is 29.9. The van der Waals surface area contributed by atoms with E-state index in [1.807, 2.05) is 36.4 Å². The second-order valence-electron chi connectivity index (χ2n) is 12.8. The van der Waals surface area contributed by atoms with E-state index >= 15 is 0 Å². The van der Waals surface area contributed by atoms with E-state index < -0.39 is 22.6 Å². The van der Waals surface area contributed by atoms with Crippen LogP contribution < -0.4 is 14.2 Å². The molecule has 6 nitrogen and oxygen atoms in total. The van der Waals surface area contributed by atoms with E-state index in [1.165, 1.54) is 12.5 Å². The number of rotatable bonds is 16. The van der Waals surface area contributed by atoms with Crippen LogP contribution in [0, 0.1) is 0 Å². The molecule has 0 fully saturated rings. The fourth-order valence-electron chi connectivity index (χ4n) is 5.69. The standard InChI is InChI=1S/C38H46O6Si2/c1-29(39)30-19-23-34(24-20-30)42-35-25-21-33(22-26-35)38(40)43-37-18-10-8-14-32(37)16-12-28-46(5,6)44-45(3,4)27-11-15-31-13-7-9-17-36(31)41-2/h7-10,13-14,17-26H,11-12,15-16,27-28H2,1-6H3. The highest BCUT2D eigenvalue weighted by molar-refractivity contribution is 6.84. The molecule has 0 saturated heterocycles. The first-order valence-corrected chi connectivity index (χ1v) is 22.2. The molecular formula is C38H46O6Si2. The van der Waals surface area contributed by atoms with Gasteiger partial charge in [-0.1, -0.05) is 36.4 Å². The molecule has 4 aromatic carbocycles. The van der Waals surface area contributed by atoms with E-state index in [2.05, 4.69) is 38.3 Å². The minimum Gasteiger partial charge on any atom is -0.496 e. The largest absolute Gasteiger partial charge is 0.496 e. The van der Waals surface area contributed by atoms with Crippen LogP contribution in [0.3, 0.4) is 0 Å². The molecule has 242 valence electrons. The van der Waals surface area contributed by atoms with Gasteiger partial charge in [0.1, 0.15) is 23.0 Å². The Morgan fingerprint density at radius 1 is 0.609 bits per heavy atom. The summed E-state index contributed by atoms with van der Waals surface area (Å²) in [5, 5.41) is 0. The van der Waals surface area contributed by atoms with E-state index in [0.717, 1.165) is 49.1 Å². The van der Waals surface area contributed by atoms with Gasteiger partial charge < -0.3 is 18.3 Å². The van der Waals surface area contributed by atoms with Crippen LogP contribution in [0.1, 0.15) is 51.6 Å². The molecule has 4 aromatic rings. The van der Waals surface area contributed by atoms with Crippen molar-refractivity contribution >= 4 is 28.4 Å². The van der Waals surface area contributed by atoms with Crippen LogP contribution in [-0.2, 0) is 17.0 Å². The van der Waals surface area contributed by atoms with Gasteiger partial charge in [0.25, 0.3) is 0 Å². The summed E-state index contributed by atoms with van der Waals surface area (Å²) in [5.74, 6) is 2.34. The van der Waals surface area contributed by atoms with Crippen molar-refractivity contribution in [3.8, 4) is 23.0 Å². The van der Waals surface area contributed by atoms with Gasteiger partial charge in [0.15, 0.2) is 22.4 Å². The Hall–Kier alpha value is -3.99. The number of carbonyl (C=O) groups is 2. The van der Waals surface area contributed by atoms with Crippen LogP contribution in [0.5, 0.6) is 23.0 Å². The average Bonchev–Trinajstić information content (AvgIpc) is 3.02. The third kappa shape index (κ3) is 10.5. The van der Waals surface area contributed by atoms with Gasteiger partial charge in [-0.3, -0.25) is 4.79 Å². The summed E-state index contributed by atoms with van der Waals surface area (Å²) in [6.45, 7) is 10.8. The molecule has 0 amide bonds. The highest BCUT2D eigenvalue weighted by Crippen LogP contribution is 2.29. The molecule has 0 unspecified atom stereocenters. The molecule has 0 heterocycles. The zero-order valence-electron chi connectivity index (χ0n) is 27.9. The Morgan fingerprint density at radius 2 is 1.07 bits per heavy atom. The summed E-state index contributed by atoms with van der Waals surface area (Å²) in [5.41, 5.74) is 3.34. The fourth-order valence-corrected chi connectivity index (χ4v) is 14.5. The predicted molar refractivity (Wildman–Crippen MR) is 190 cm³/mol. The van der Waals surface area contributed by atoms with Crippen molar-refractivity contribution in [3.63, 3.8) is 0 Å². The van der Waals surface area contributed by atoms with Gasteiger partial charge in [-0.05, 0) is 143 Å². The maximum absolute atomic E-state index is 13.0. The normalized spacial score (nSPS) is 11.6. The summed E-state index contributed by atoms with van der Waals surface area (Å²) in [6, 6.07) is 32.0. The molecule has 0 aliphatic rings. The van der Waals surface area contributed by atoms with Crippen LogP contribution in [0.25, 0.3) is 0 Å². The summed E-state index contributed by atoms with van der Waals surface area (Å²) in [6.07, 6.45) is 3.87. The lowest BCUT2D eigenvalue weighted by Gasteiger charge is -2.34. The first-order chi connectivity index (χ1) is 21.9. The van der Waals surface area contributed by atoms with Crippen molar-refractivity contribution in [3.05, 3.63) is 119 Å². The Morgan fingerprint density at radius 3 is 1.57 bits per heavy atom. The second kappa shape index (κ2) is 16.0. The highest BCUT2D eigenvalue weighted by Gasteiger charge is 2.32. The third-order valence-corrected chi connectivity index (χ3v) is 15.5. The molecule has 0 aliphatic carbocycles. The van der Waals surface area contributed by atoms with Crippen LogP contribution >= 0.6 is 0 Å². The third-order valence-electron chi connectivity index (χ3n) is 7.96. The molecule has 46 heavy (non-hydrogen) atoms. The molecule has 0 aromatic heterocycles. The number of ether oxygens (including phenoxy) is 3. The molecule has 0 N–H and O–H groups in total. The number of hydrogen-bond acceptors (Lipinski definition) is 6. The molecule has 4 rings (SSSR count). The second-order valence-corrected chi connectivity index (χ2v) is 21.7. The van der Waals surface area contributed by atoms with Crippen molar-refractivity contribution in [1.29, 1.82) is 0 Å². The van der Waals surface area contributed by atoms with Crippen LogP contribution in [0.15, 0.2) is 97.1 Å². The Bertz CT molecular complexity index is 1600. The van der Waals surface area contributed by atoms with Gasteiger partial charge in [0.2, 0.25) is 0 Å². The number of para-hydroxylation sites is 2. The van der Waals surface area contributed by atoms with Crippen molar-refractivity contribution in [1.82, 2.24) is 0 Å². The molecule has 0 atom stereocenters. The Kier molecular flexibility index (Phi) is 12.2. The van der Waals surface area contributed by atoms with E-state index in [0.29, 0.717) is 28.4 Å². The number of aryl methyl sites for hydroxylation is 2. The predicted octanol–water partition coefficient (Wildman–Crippen LogP) is 9.90. The van der Waals surface area contributed by atoms with Crippen molar-refractivity contribution in [2.75, 3.05) is 7.11 Å². The lowest BCUT2D eigenvalue weighted by Crippen LogP contribution is -2.44. The summed E-state index contributed by atoms with van der Waals surface area (Å²) >= 11 is 0. The highest BCUT2D eigenvalue weighted by atomic mass is 28.4. The van der Waals surface area contributed by atoms with Crippen LogP contribution in [0.2, 0.25) is 38.3 Å². The van der Waals surface area contributed by atoms with Gasteiger partial charge in [-0.25, -0.2) is 4.79 Å². The molecule has 0 radical (unpaired) electrons. The smallest absolute Gasteiger partial charge is 0.343 e. The lowest BCUT2D eigenvalue weighted by atomic mass is 10.1. The molecule has 8 heteroatoms. The Balaban J connectivity index is 1.26. The number of methoxy groups -OCH3 is 1. The number of benzene rings is 4. The van der Waals surface area contributed by atoms with Gasteiger partial charge >= 0.3 is 5.97 Å². The number of Topliss-reactive ketones (excluding diaryl/α,β-unsaturated/α-hetero) is 1. The number of ketones is 1. The number of carbonyl (C=O) groups excluding carboxylic acids is 2. The maximum atomic E-state index is 13.0. The topological polar surface area (TPSA) is 71.1 Å². The van der Waals surface area contributed by atoms with Gasteiger partial charge in [-0.2, -0.15) is 0 Å². The van der Waals surface area contributed by atoms with E-state index in [4.69, 9.17) is 18.3 Å². The van der Waals surface area contributed by atoms with E-state index in [9.17, 15) is 9.59 Å². The SMILES string of the molecule is COc1ccccc1CCC[Si](C)(C)O[Si](C)(C)CCCc1ccccc1OC(=O)c1ccc(Oc2ccc(C(C)=O)cc2)cc1. The summed E-state index contributed by atoms with van der Waals surface area (Å²) in [7, 11) is -1.97. The quantitative estimate of drug-likeness (QED) is 0.0518. The first-order valence-electron chi connectivity index (χ1n) is 16.0. The van der Waals surface area contributed by atoms with Gasteiger partial charge in [0.05, 0.1) is 12.7 Å². The lowest BCUT2D eigenvalue weighted by molar-refractivity contribution is 0.0732. The van der Waals surface area contributed by atoms with Crippen molar-refractivity contribution < 1.29 is 27.9 Å². The summed E-state index contributed by atoms with van der Waals surface area (Å²) in [4.78, 5) is 24.5. The van der Waals surface area contributed by atoms with Crippen LogP contribution in [-0.4, -0.2) is 35.5 Å². The van der Waals surface area contributed by atoms with E-state index in [1.54, 1.807) is 55.6 Å². The number of hydrogen-bond donors (Lipinski definition) is 0. The molecule has 0 bridgehead atoms. The van der Waals surface area contributed by atoms with Gasteiger partial charge in [0, 0.05) is 5.56 Å². The molecule has 0 aliphatic heterocycles. The van der Waals surface area contributed by atoms with Gasteiger partial charge in [-0.15, -0.1) is 0 Å². The Labute approximate surface area is 275 Å². The maximum Gasteiger partial charge on any atom is 0.343 e. The average molecular weight is 655 g/mol. The zero-order chi connectivity index (χ0) is 33.2. The summed E-state index contributed by atoms with van der Waals surface area (Å²) < 4.78 is 24.1. The minimum absolute atomic E-state index is 0.00381. The monoisotopic (exact) mass is 654 g/mol. The molecule has 0 spiro atoms. The van der Waals surface area contributed by atoms with Crippen LogP contribution in [0.4, 0.5) is 0 Å². The van der Waals surface area contributed by atoms with E-state index in [-0.39, 0.29) is 5.78 Å². The molecule has 0 saturated carbocycles. The van der Waals surface area contributed by atoms with Crippen molar-refractivity contribution in [2.45, 2.75) is 70.9 Å². The number of esters is 1. The molecular weight excluding hydrogens is 609 g/mol. The first kappa shape index (κ1) is 34.9. The minimum atomic E-state index is -1.88. The van der Waals surface area contributed by atoms with Crippen molar-refractivity contribution in [2.24, 2.45) is 0 Å².